The Bertz CT molecular complexity index is 193. The number of ether oxygens (including phenoxy) is 1. The second-order valence-electron chi connectivity index (χ2n) is 5.61. The van der Waals surface area contributed by atoms with Gasteiger partial charge in [-0.3, -0.25) is 0 Å². The van der Waals surface area contributed by atoms with E-state index in [2.05, 4.69) is 6.92 Å². The molecule has 88 valence electrons. The van der Waals surface area contributed by atoms with Crippen LogP contribution in [0.3, 0.4) is 0 Å². The number of rotatable bonds is 3. The smallest absolute Gasteiger partial charge is 0.0804 e. The first-order chi connectivity index (χ1) is 7.21. The van der Waals surface area contributed by atoms with Crippen molar-refractivity contribution in [1.29, 1.82) is 0 Å². The predicted octanol–water partition coefficient (Wildman–Crippen LogP) is 2.85. The van der Waals surface area contributed by atoms with Gasteiger partial charge in [0.1, 0.15) is 0 Å². The highest BCUT2D eigenvalue weighted by Gasteiger charge is 2.35. The maximum absolute atomic E-state index is 6.34. The van der Waals surface area contributed by atoms with E-state index in [0.29, 0.717) is 0 Å². The van der Waals surface area contributed by atoms with Crippen LogP contribution in [0.5, 0.6) is 0 Å². The Labute approximate surface area is 93.6 Å². The summed E-state index contributed by atoms with van der Waals surface area (Å²) in [6.07, 6.45) is 10.4. The lowest BCUT2D eigenvalue weighted by Gasteiger charge is -2.39. The summed E-state index contributed by atoms with van der Waals surface area (Å²) in [4.78, 5) is 0. The largest absolute Gasteiger partial charge is 0.374 e. The quantitative estimate of drug-likeness (QED) is 0.779. The molecule has 15 heavy (non-hydrogen) atoms. The van der Waals surface area contributed by atoms with Crippen molar-refractivity contribution in [3.05, 3.63) is 0 Å². The number of hydrogen-bond donors (Lipinski definition) is 1. The van der Waals surface area contributed by atoms with E-state index in [1.165, 1.54) is 44.9 Å². The molecule has 0 aromatic heterocycles. The molecule has 2 aliphatic rings. The Morgan fingerprint density at radius 2 is 2.00 bits per heavy atom. The zero-order chi connectivity index (χ0) is 10.7. The van der Waals surface area contributed by atoms with Crippen molar-refractivity contribution >= 4 is 0 Å². The van der Waals surface area contributed by atoms with Gasteiger partial charge in [0.05, 0.1) is 5.60 Å². The number of nitrogens with two attached hydrogens (primary N) is 1. The van der Waals surface area contributed by atoms with Crippen molar-refractivity contribution < 1.29 is 4.74 Å². The van der Waals surface area contributed by atoms with Crippen molar-refractivity contribution in [3.63, 3.8) is 0 Å². The van der Waals surface area contributed by atoms with Gasteiger partial charge in [0, 0.05) is 12.6 Å². The van der Waals surface area contributed by atoms with E-state index in [0.717, 1.165) is 18.9 Å². The second-order valence-corrected chi connectivity index (χ2v) is 5.61. The van der Waals surface area contributed by atoms with E-state index in [-0.39, 0.29) is 11.6 Å². The van der Waals surface area contributed by atoms with Crippen LogP contribution in [0.15, 0.2) is 0 Å². The molecule has 2 atom stereocenters. The lowest BCUT2D eigenvalue weighted by molar-refractivity contribution is -0.0846. The third-order valence-corrected chi connectivity index (χ3v) is 4.35. The van der Waals surface area contributed by atoms with E-state index >= 15 is 0 Å². The molecule has 2 fully saturated rings. The fourth-order valence-corrected chi connectivity index (χ4v) is 3.10. The topological polar surface area (TPSA) is 35.2 Å². The minimum atomic E-state index is -0.0269. The van der Waals surface area contributed by atoms with Crippen molar-refractivity contribution in [2.75, 3.05) is 6.61 Å². The highest BCUT2D eigenvalue weighted by Crippen LogP contribution is 2.34. The zero-order valence-electron chi connectivity index (χ0n) is 10.0. The first-order valence-corrected chi connectivity index (χ1v) is 6.60. The summed E-state index contributed by atoms with van der Waals surface area (Å²) in [7, 11) is 0. The summed E-state index contributed by atoms with van der Waals surface area (Å²) in [6.45, 7) is 3.13. The molecule has 0 aromatic carbocycles. The molecule has 1 heterocycles. The Balaban J connectivity index is 1.84. The Hall–Kier alpha value is -0.0800. The fraction of sp³-hybridized carbons (Fsp3) is 1.00. The van der Waals surface area contributed by atoms with Crippen molar-refractivity contribution in [2.24, 2.45) is 11.7 Å². The van der Waals surface area contributed by atoms with Gasteiger partial charge in [-0.1, -0.05) is 25.7 Å². The van der Waals surface area contributed by atoms with E-state index in [4.69, 9.17) is 10.5 Å². The SMILES string of the molecule is CC1(C(N)CC2CCCC2)CCCCO1. The minimum absolute atomic E-state index is 0.0269. The Morgan fingerprint density at radius 1 is 1.27 bits per heavy atom. The maximum atomic E-state index is 6.34. The molecule has 0 amide bonds. The first-order valence-electron chi connectivity index (χ1n) is 6.60. The van der Waals surface area contributed by atoms with Gasteiger partial charge in [0.15, 0.2) is 0 Å². The van der Waals surface area contributed by atoms with Crippen LogP contribution < -0.4 is 5.73 Å². The van der Waals surface area contributed by atoms with E-state index < -0.39 is 0 Å². The van der Waals surface area contributed by atoms with Gasteiger partial charge >= 0.3 is 0 Å². The standard InChI is InChI=1S/C13H25NO/c1-13(8-4-5-9-15-13)12(14)10-11-6-2-3-7-11/h11-12H,2-10,14H2,1H3. The van der Waals surface area contributed by atoms with Crippen molar-refractivity contribution in [3.8, 4) is 0 Å². The molecule has 1 aliphatic heterocycles. The molecule has 1 saturated carbocycles. The molecular formula is C13H25NO. The van der Waals surface area contributed by atoms with Gasteiger partial charge in [-0.15, -0.1) is 0 Å². The summed E-state index contributed by atoms with van der Waals surface area (Å²) >= 11 is 0. The molecule has 2 heteroatoms. The lowest BCUT2D eigenvalue weighted by Crippen LogP contribution is -2.50. The van der Waals surface area contributed by atoms with Crippen LogP contribution in [-0.4, -0.2) is 18.2 Å². The van der Waals surface area contributed by atoms with Gasteiger partial charge in [-0.2, -0.15) is 0 Å². The summed E-state index contributed by atoms with van der Waals surface area (Å²) < 4.78 is 5.91. The molecule has 2 nitrogen and oxygen atoms in total. The summed E-state index contributed by atoms with van der Waals surface area (Å²) in [5, 5.41) is 0. The van der Waals surface area contributed by atoms with Crippen LogP contribution in [0.1, 0.15) is 58.3 Å². The average molecular weight is 211 g/mol. The Morgan fingerprint density at radius 3 is 2.60 bits per heavy atom. The third-order valence-electron chi connectivity index (χ3n) is 4.35. The fourth-order valence-electron chi connectivity index (χ4n) is 3.10. The zero-order valence-corrected chi connectivity index (χ0v) is 10.0. The molecule has 2 unspecified atom stereocenters. The predicted molar refractivity (Wildman–Crippen MR) is 62.8 cm³/mol. The van der Waals surface area contributed by atoms with Crippen LogP contribution in [0, 0.1) is 5.92 Å². The molecule has 1 saturated heterocycles. The van der Waals surface area contributed by atoms with Crippen molar-refractivity contribution in [1.82, 2.24) is 0 Å². The van der Waals surface area contributed by atoms with Crippen LogP contribution >= 0.6 is 0 Å². The molecule has 1 aliphatic carbocycles. The molecule has 0 bridgehead atoms. The maximum Gasteiger partial charge on any atom is 0.0804 e. The van der Waals surface area contributed by atoms with Crippen LogP contribution in [0.2, 0.25) is 0 Å². The van der Waals surface area contributed by atoms with E-state index in [9.17, 15) is 0 Å². The van der Waals surface area contributed by atoms with Crippen LogP contribution in [0.4, 0.5) is 0 Å². The van der Waals surface area contributed by atoms with Gasteiger partial charge < -0.3 is 10.5 Å². The molecule has 0 spiro atoms. The van der Waals surface area contributed by atoms with E-state index in [1.54, 1.807) is 0 Å². The normalized spacial score (nSPS) is 35.6. The first kappa shape index (κ1) is 11.4. The van der Waals surface area contributed by atoms with Crippen LogP contribution in [-0.2, 0) is 4.74 Å². The molecule has 2 N–H and O–H groups in total. The minimum Gasteiger partial charge on any atom is -0.374 e. The van der Waals surface area contributed by atoms with Gasteiger partial charge in [0.25, 0.3) is 0 Å². The second kappa shape index (κ2) is 4.84. The lowest BCUT2D eigenvalue weighted by atomic mass is 9.83. The molecule has 0 aromatic rings. The van der Waals surface area contributed by atoms with Gasteiger partial charge in [0.2, 0.25) is 0 Å². The number of hydrogen-bond acceptors (Lipinski definition) is 2. The van der Waals surface area contributed by atoms with E-state index in [1.807, 2.05) is 0 Å². The summed E-state index contributed by atoms with van der Waals surface area (Å²) in [5.74, 6) is 0.877. The summed E-state index contributed by atoms with van der Waals surface area (Å²) in [6, 6.07) is 0.251. The molecule has 0 radical (unpaired) electrons. The van der Waals surface area contributed by atoms with Crippen LogP contribution in [0.25, 0.3) is 0 Å². The Kier molecular flexibility index (Phi) is 3.68. The van der Waals surface area contributed by atoms with Gasteiger partial charge in [-0.25, -0.2) is 0 Å². The third kappa shape index (κ3) is 2.73. The monoisotopic (exact) mass is 211 g/mol. The summed E-state index contributed by atoms with van der Waals surface area (Å²) in [5.41, 5.74) is 6.31. The van der Waals surface area contributed by atoms with Gasteiger partial charge in [-0.05, 0) is 38.5 Å². The molecular weight excluding hydrogens is 186 g/mol. The molecule has 2 rings (SSSR count). The van der Waals surface area contributed by atoms with Crippen molar-refractivity contribution in [2.45, 2.75) is 69.9 Å². The highest BCUT2D eigenvalue weighted by molar-refractivity contribution is 4.91. The highest BCUT2D eigenvalue weighted by atomic mass is 16.5. The average Bonchev–Trinajstić information content (AvgIpc) is 2.71.